The second kappa shape index (κ2) is 6.16. The van der Waals surface area contributed by atoms with E-state index in [1.165, 1.54) is 0 Å². The first kappa shape index (κ1) is 14.5. The molecule has 0 spiro atoms. The lowest BCUT2D eigenvalue weighted by molar-refractivity contribution is -0.143. The summed E-state index contributed by atoms with van der Waals surface area (Å²) < 4.78 is 7.60. The second-order valence-electron chi connectivity index (χ2n) is 6.29. The summed E-state index contributed by atoms with van der Waals surface area (Å²) in [6.45, 7) is 1.40. The van der Waals surface area contributed by atoms with Gasteiger partial charge in [-0.25, -0.2) is 4.68 Å². The molecule has 1 aliphatic carbocycles. The normalized spacial score (nSPS) is 23.7. The van der Waals surface area contributed by atoms with E-state index in [1.807, 2.05) is 46.1 Å². The van der Waals surface area contributed by atoms with Crippen LogP contribution >= 0.6 is 0 Å². The number of aromatic nitrogens is 2. The number of hydrogen-bond donors (Lipinski definition) is 0. The zero-order valence-corrected chi connectivity index (χ0v) is 13.1. The fraction of sp³-hybridized carbons (Fsp3) is 0.444. The number of benzene rings is 1. The highest BCUT2D eigenvalue weighted by Gasteiger charge is 2.38. The maximum Gasteiger partial charge on any atom is 0.227 e. The van der Waals surface area contributed by atoms with Crippen LogP contribution in [0.15, 0.2) is 42.7 Å². The molecule has 0 bridgehead atoms. The van der Waals surface area contributed by atoms with Gasteiger partial charge in [0.1, 0.15) is 0 Å². The van der Waals surface area contributed by atoms with E-state index in [0.717, 1.165) is 37.1 Å². The molecule has 1 saturated heterocycles. The molecule has 2 heterocycles. The summed E-state index contributed by atoms with van der Waals surface area (Å²) in [5.74, 6) is 0.219. The second-order valence-corrected chi connectivity index (χ2v) is 6.29. The molecule has 4 rings (SSSR count). The van der Waals surface area contributed by atoms with Gasteiger partial charge in [0.25, 0.3) is 0 Å². The fourth-order valence-electron chi connectivity index (χ4n) is 3.70. The number of morpholine rings is 1. The molecule has 2 fully saturated rings. The Morgan fingerprint density at radius 1 is 1.26 bits per heavy atom. The van der Waals surface area contributed by atoms with Gasteiger partial charge < -0.3 is 9.64 Å². The van der Waals surface area contributed by atoms with Crippen molar-refractivity contribution in [2.45, 2.75) is 37.8 Å². The Balaban J connectivity index is 1.44. The molecule has 5 nitrogen and oxygen atoms in total. The number of hydrogen-bond acceptors (Lipinski definition) is 3. The van der Waals surface area contributed by atoms with E-state index in [-0.39, 0.29) is 12.0 Å². The lowest BCUT2D eigenvalue weighted by Crippen LogP contribution is -2.51. The zero-order chi connectivity index (χ0) is 15.6. The Morgan fingerprint density at radius 3 is 2.91 bits per heavy atom. The third kappa shape index (κ3) is 2.88. The quantitative estimate of drug-likeness (QED) is 0.873. The summed E-state index contributed by atoms with van der Waals surface area (Å²) in [7, 11) is 0. The number of nitrogens with zero attached hydrogens (tertiary/aromatic N) is 3. The van der Waals surface area contributed by atoms with Crippen molar-refractivity contribution in [1.29, 1.82) is 0 Å². The Morgan fingerprint density at radius 2 is 2.13 bits per heavy atom. The van der Waals surface area contributed by atoms with Crippen LogP contribution in [0.25, 0.3) is 5.69 Å². The van der Waals surface area contributed by atoms with Gasteiger partial charge in [-0.15, -0.1) is 0 Å². The summed E-state index contributed by atoms with van der Waals surface area (Å²) in [5, 5.41) is 4.21. The maximum atomic E-state index is 12.7. The molecule has 1 aromatic carbocycles. The van der Waals surface area contributed by atoms with Crippen LogP contribution in [0.1, 0.15) is 24.8 Å². The lowest BCUT2D eigenvalue weighted by Gasteiger charge is -2.37. The summed E-state index contributed by atoms with van der Waals surface area (Å²) >= 11 is 0. The number of rotatable bonds is 3. The highest BCUT2D eigenvalue weighted by molar-refractivity contribution is 5.79. The Hall–Kier alpha value is -2.14. The molecule has 0 N–H and O–H groups in total. The van der Waals surface area contributed by atoms with Gasteiger partial charge in [-0.2, -0.15) is 5.10 Å². The molecule has 0 radical (unpaired) electrons. The van der Waals surface area contributed by atoms with Crippen molar-refractivity contribution in [1.82, 2.24) is 14.7 Å². The molecule has 1 saturated carbocycles. The van der Waals surface area contributed by atoms with Crippen LogP contribution in [0.5, 0.6) is 0 Å². The molecular formula is C18H21N3O2. The summed E-state index contributed by atoms with van der Waals surface area (Å²) in [5.41, 5.74) is 2.06. The summed E-state index contributed by atoms with van der Waals surface area (Å²) in [6.07, 6.45) is 7.72. The molecule has 1 aliphatic heterocycles. The Labute approximate surface area is 135 Å². The first-order chi connectivity index (χ1) is 11.3. The van der Waals surface area contributed by atoms with Gasteiger partial charge in [-0.3, -0.25) is 4.79 Å². The van der Waals surface area contributed by atoms with Crippen molar-refractivity contribution in [2.24, 2.45) is 0 Å². The standard InChI is InChI=1S/C18H21N3O2/c22-18(20-11-12-23-17-4-1-3-16(17)20)13-14-5-7-15(8-6-14)21-10-2-9-19-21/h2,5-10,16-17H,1,3-4,11-13H2/t16-,17+/m1/s1. The van der Waals surface area contributed by atoms with Crippen LogP contribution in [0.2, 0.25) is 0 Å². The largest absolute Gasteiger partial charge is 0.374 e. The fourth-order valence-corrected chi connectivity index (χ4v) is 3.70. The van der Waals surface area contributed by atoms with Gasteiger partial charge >= 0.3 is 0 Å². The van der Waals surface area contributed by atoms with Gasteiger partial charge in [0.05, 0.1) is 30.9 Å². The smallest absolute Gasteiger partial charge is 0.227 e. The third-order valence-electron chi connectivity index (χ3n) is 4.86. The SMILES string of the molecule is O=C(Cc1ccc(-n2cccn2)cc1)N1CCO[C@H]2CCC[C@H]21. The van der Waals surface area contributed by atoms with Crippen LogP contribution in [0, 0.1) is 0 Å². The highest BCUT2D eigenvalue weighted by atomic mass is 16.5. The van der Waals surface area contributed by atoms with Crippen molar-refractivity contribution < 1.29 is 9.53 Å². The van der Waals surface area contributed by atoms with E-state index < -0.39 is 0 Å². The van der Waals surface area contributed by atoms with E-state index in [1.54, 1.807) is 6.20 Å². The van der Waals surface area contributed by atoms with E-state index in [0.29, 0.717) is 19.1 Å². The Kier molecular flexibility index (Phi) is 3.87. The number of ether oxygens (including phenoxy) is 1. The van der Waals surface area contributed by atoms with Crippen LogP contribution in [0.3, 0.4) is 0 Å². The third-order valence-corrected chi connectivity index (χ3v) is 4.86. The Bertz CT molecular complexity index is 666. The lowest BCUT2D eigenvalue weighted by atomic mass is 10.1. The van der Waals surface area contributed by atoms with Crippen molar-refractivity contribution >= 4 is 5.91 Å². The predicted octanol–water partition coefficient (Wildman–Crippen LogP) is 2.19. The minimum atomic E-state index is 0.219. The summed E-state index contributed by atoms with van der Waals surface area (Å²) in [6, 6.07) is 10.2. The minimum Gasteiger partial charge on any atom is -0.374 e. The zero-order valence-electron chi connectivity index (χ0n) is 13.1. The van der Waals surface area contributed by atoms with Crippen LogP contribution in [-0.4, -0.2) is 45.9 Å². The molecule has 0 unspecified atom stereocenters. The van der Waals surface area contributed by atoms with Crippen molar-refractivity contribution in [2.75, 3.05) is 13.2 Å². The number of carbonyl (C=O) groups is 1. The van der Waals surface area contributed by atoms with Gasteiger partial charge in [0.2, 0.25) is 5.91 Å². The summed E-state index contributed by atoms with van der Waals surface area (Å²) in [4.78, 5) is 14.7. The topological polar surface area (TPSA) is 47.4 Å². The molecule has 2 aromatic rings. The molecule has 23 heavy (non-hydrogen) atoms. The van der Waals surface area contributed by atoms with Gasteiger partial charge in [0, 0.05) is 18.9 Å². The minimum absolute atomic E-state index is 0.219. The highest BCUT2D eigenvalue weighted by Crippen LogP contribution is 2.30. The average Bonchev–Trinajstić information content (AvgIpc) is 3.26. The molecule has 120 valence electrons. The van der Waals surface area contributed by atoms with Crippen LogP contribution in [0.4, 0.5) is 0 Å². The first-order valence-electron chi connectivity index (χ1n) is 8.31. The molecule has 1 aromatic heterocycles. The number of carbonyl (C=O) groups excluding carboxylic acids is 1. The van der Waals surface area contributed by atoms with Crippen LogP contribution in [-0.2, 0) is 16.0 Å². The predicted molar refractivity (Wildman–Crippen MR) is 86.4 cm³/mol. The molecular weight excluding hydrogens is 290 g/mol. The van der Waals surface area contributed by atoms with Crippen LogP contribution < -0.4 is 0 Å². The average molecular weight is 311 g/mol. The monoisotopic (exact) mass is 311 g/mol. The van der Waals surface area contributed by atoms with Crippen molar-refractivity contribution in [3.8, 4) is 5.69 Å². The number of amides is 1. The van der Waals surface area contributed by atoms with Crippen molar-refractivity contribution in [3.63, 3.8) is 0 Å². The molecule has 2 aliphatic rings. The van der Waals surface area contributed by atoms with E-state index in [4.69, 9.17) is 4.74 Å². The van der Waals surface area contributed by atoms with E-state index in [9.17, 15) is 4.79 Å². The number of fused-ring (bicyclic) bond motifs is 1. The van der Waals surface area contributed by atoms with Crippen molar-refractivity contribution in [3.05, 3.63) is 48.3 Å². The van der Waals surface area contributed by atoms with E-state index >= 15 is 0 Å². The van der Waals surface area contributed by atoms with Gasteiger partial charge in [0.15, 0.2) is 0 Å². The van der Waals surface area contributed by atoms with E-state index in [2.05, 4.69) is 5.10 Å². The molecule has 5 heteroatoms. The molecule has 1 amide bonds. The first-order valence-corrected chi connectivity index (χ1v) is 8.31. The van der Waals surface area contributed by atoms with Gasteiger partial charge in [-0.1, -0.05) is 12.1 Å². The van der Waals surface area contributed by atoms with Gasteiger partial charge in [-0.05, 0) is 43.0 Å². The molecule has 2 atom stereocenters. The maximum absolute atomic E-state index is 12.7.